The minimum atomic E-state index is 0.00734. The maximum Gasteiger partial charge on any atom is 0.217 e. The number of aromatic nitrogens is 8. The molecule has 0 spiro atoms. The van der Waals surface area contributed by atoms with Gasteiger partial charge in [-0.1, -0.05) is 51.0 Å². The highest BCUT2D eigenvalue weighted by molar-refractivity contribution is 5.92. The first kappa shape index (κ1) is 22.4. The Kier molecular flexibility index (Phi) is 7.29. The molecule has 0 saturated carbocycles. The molecule has 0 bridgehead atoms. The third kappa shape index (κ3) is 5.36. The smallest absolute Gasteiger partial charge is 0.217 e. The summed E-state index contributed by atoms with van der Waals surface area (Å²) in [5.41, 5.74) is 3.70. The number of unbranched alkanes of at least 4 members (excludes halogenated alkanes) is 2. The fraction of sp³-hybridized carbons (Fsp3) is 0.375. The molecule has 4 rings (SSSR count). The molecule has 3 heterocycles. The van der Waals surface area contributed by atoms with Crippen molar-refractivity contribution < 1.29 is 4.79 Å². The summed E-state index contributed by atoms with van der Waals surface area (Å²) in [6.45, 7) is 4.94. The zero-order valence-corrected chi connectivity index (χ0v) is 19.0. The van der Waals surface area contributed by atoms with Gasteiger partial charge in [0.2, 0.25) is 11.6 Å². The Balaban J connectivity index is 1.56. The Morgan fingerprint density at radius 3 is 2.64 bits per heavy atom. The van der Waals surface area contributed by atoms with Gasteiger partial charge in [0, 0.05) is 36.7 Å². The monoisotopic (exact) mass is 444 g/mol. The van der Waals surface area contributed by atoms with Crippen LogP contribution < -0.4 is 0 Å². The van der Waals surface area contributed by atoms with Gasteiger partial charge >= 0.3 is 0 Å². The molecule has 9 heteroatoms. The highest BCUT2D eigenvalue weighted by atomic mass is 16.1. The van der Waals surface area contributed by atoms with Crippen LogP contribution in [0.5, 0.6) is 0 Å². The molecule has 1 N–H and O–H groups in total. The molecule has 0 aliphatic heterocycles. The lowest BCUT2D eigenvalue weighted by Gasteiger charge is -2.08. The maximum atomic E-state index is 12.4. The number of carbonyl (C=O) groups is 1. The lowest BCUT2D eigenvalue weighted by molar-refractivity contribution is 0.0971. The minimum absolute atomic E-state index is 0.00734. The SMILES string of the molecule is CCCCCn1nc(C(=O)CCC)nc1Cc1ccc(-c2ncccc2-c2nnn[nH]2)cc1. The van der Waals surface area contributed by atoms with Gasteiger partial charge in [0.1, 0.15) is 5.82 Å². The molecule has 0 aliphatic carbocycles. The summed E-state index contributed by atoms with van der Waals surface area (Å²) in [6.07, 6.45) is 6.90. The van der Waals surface area contributed by atoms with Crippen LogP contribution in [-0.4, -0.2) is 46.2 Å². The van der Waals surface area contributed by atoms with Gasteiger partial charge in [0.25, 0.3) is 0 Å². The van der Waals surface area contributed by atoms with Crippen molar-refractivity contribution >= 4 is 5.78 Å². The van der Waals surface area contributed by atoms with Crippen molar-refractivity contribution in [3.63, 3.8) is 0 Å². The van der Waals surface area contributed by atoms with E-state index in [-0.39, 0.29) is 5.78 Å². The molecule has 4 aromatic rings. The number of rotatable bonds is 11. The van der Waals surface area contributed by atoms with Crippen LogP contribution in [0.15, 0.2) is 42.6 Å². The second kappa shape index (κ2) is 10.7. The number of hydrogen-bond acceptors (Lipinski definition) is 7. The van der Waals surface area contributed by atoms with Gasteiger partial charge in [-0.15, -0.1) is 10.2 Å². The van der Waals surface area contributed by atoms with Gasteiger partial charge in [-0.2, -0.15) is 0 Å². The Hall–Kier alpha value is -3.75. The zero-order chi connectivity index (χ0) is 23.0. The Bertz CT molecular complexity index is 1180. The van der Waals surface area contributed by atoms with Gasteiger partial charge in [-0.3, -0.25) is 9.78 Å². The van der Waals surface area contributed by atoms with Crippen LogP contribution in [0.3, 0.4) is 0 Å². The van der Waals surface area contributed by atoms with Crippen LogP contribution in [0.4, 0.5) is 0 Å². The van der Waals surface area contributed by atoms with Gasteiger partial charge in [-0.05, 0) is 41.0 Å². The molecule has 0 amide bonds. The quantitative estimate of drug-likeness (QED) is 0.271. The van der Waals surface area contributed by atoms with E-state index in [1.807, 2.05) is 35.9 Å². The van der Waals surface area contributed by atoms with Crippen molar-refractivity contribution in [3.05, 3.63) is 59.8 Å². The van der Waals surface area contributed by atoms with Crippen LogP contribution in [-0.2, 0) is 13.0 Å². The number of hydrogen-bond donors (Lipinski definition) is 1. The van der Waals surface area contributed by atoms with Crippen molar-refractivity contribution in [3.8, 4) is 22.6 Å². The molecule has 0 unspecified atom stereocenters. The standard InChI is InChI=1S/C24H28N8O/c1-3-5-6-15-32-21(26-24(29-32)20(33)8-4-2)16-17-10-12-18(13-11-17)22-19(9-7-14-25-22)23-27-30-31-28-23/h7,9-14H,3-6,8,15-16H2,1-2H3,(H,27,28,30,31). The van der Waals surface area contributed by atoms with Crippen LogP contribution >= 0.6 is 0 Å². The first-order valence-electron chi connectivity index (χ1n) is 11.4. The van der Waals surface area contributed by atoms with Gasteiger partial charge < -0.3 is 0 Å². The van der Waals surface area contributed by atoms with Crippen LogP contribution in [0, 0.1) is 0 Å². The number of nitrogens with one attached hydrogen (secondary N) is 1. The topological polar surface area (TPSA) is 115 Å². The lowest BCUT2D eigenvalue weighted by Crippen LogP contribution is -2.07. The number of aryl methyl sites for hydroxylation is 1. The van der Waals surface area contributed by atoms with Crippen LogP contribution in [0.1, 0.15) is 68.0 Å². The molecule has 0 radical (unpaired) electrons. The number of H-pyrrole nitrogens is 1. The number of tetrazole rings is 1. The van der Waals surface area contributed by atoms with E-state index in [9.17, 15) is 4.79 Å². The average molecular weight is 445 g/mol. The fourth-order valence-electron chi connectivity index (χ4n) is 3.72. The van der Waals surface area contributed by atoms with Gasteiger partial charge in [-0.25, -0.2) is 14.8 Å². The Morgan fingerprint density at radius 1 is 1.06 bits per heavy atom. The van der Waals surface area contributed by atoms with Crippen molar-refractivity contribution in [2.45, 2.75) is 58.9 Å². The molecule has 0 atom stereocenters. The summed E-state index contributed by atoms with van der Waals surface area (Å²) < 4.78 is 1.90. The molecule has 3 aromatic heterocycles. The second-order valence-corrected chi connectivity index (χ2v) is 7.98. The summed E-state index contributed by atoms with van der Waals surface area (Å²) in [5.74, 6) is 1.74. The van der Waals surface area contributed by atoms with E-state index in [1.165, 1.54) is 0 Å². The summed E-state index contributed by atoms with van der Waals surface area (Å²) >= 11 is 0. The summed E-state index contributed by atoms with van der Waals surface area (Å²) in [5, 5.41) is 18.7. The number of carbonyl (C=O) groups excluding carboxylic acids is 1. The lowest BCUT2D eigenvalue weighted by atomic mass is 10.0. The van der Waals surface area contributed by atoms with E-state index in [2.05, 4.69) is 54.7 Å². The minimum Gasteiger partial charge on any atom is -0.291 e. The van der Waals surface area contributed by atoms with E-state index in [4.69, 9.17) is 0 Å². The highest BCUT2D eigenvalue weighted by Gasteiger charge is 2.17. The largest absolute Gasteiger partial charge is 0.291 e. The molecular weight excluding hydrogens is 416 g/mol. The van der Waals surface area contributed by atoms with Crippen LogP contribution in [0.25, 0.3) is 22.6 Å². The van der Waals surface area contributed by atoms with E-state index in [1.54, 1.807) is 6.20 Å². The number of nitrogens with zero attached hydrogens (tertiary/aromatic N) is 7. The molecule has 9 nitrogen and oxygen atoms in total. The maximum absolute atomic E-state index is 12.4. The van der Waals surface area contributed by atoms with E-state index < -0.39 is 0 Å². The molecule has 170 valence electrons. The van der Waals surface area contributed by atoms with Gasteiger partial charge in [0.05, 0.1) is 5.69 Å². The van der Waals surface area contributed by atoms with Crippen molar-refractivity contribution in [1.82, 2.24) is 40.4 Å². The summed E-state index contributed by atoms with van der Waals surface area (Å²) in [7, 11) is 0. The number of benzene rings is 1. The predicted octanol–water partition coefficient (Wildman–Crippen LogP) is 4.28. The highest BCUT2D eigenvalue weighted by Crippen LogP contribution is 2.27. The normalized spacial score (nSPS) is 11.1. The second-order valence-electron chi connectivity index (χ2n) is 7.98. The van der Waals surface area contributed by atoms with E-state index in [0.29, 0.717) is 24.5 Å². The molecule has 33 heavy (non-hydrogen) atoms. The van der Waals surface area contributed by atoms with E-state index in [0.717, 1.165) is 60.4 Å². The van der Waals surface area contributed by atoms with Crippen molar-refractivity contribution in [1.29, 1.82) is 0 Å². The Morgan fingerprint density at radius 2 is 1.91 bits per heavy atom. The number of ketones is 1. The third-order valence-electron chi connectivity index (χ3n) is 5.45. The Labute approximate surface area is 192 Å². The third-order valence-corrected chi connectivity index (χ3v) is 5.45. The fourth-order valence-corrected chi connectivity index (χ4v) is 3.72. The average Bonchev–Trinajstić information content (AvgIpc) is 3.51. The molecule has 1 aromatic carbocycles. The molecule has 0 fully saturated rings. The number of pyridine rings is 1. The van der Waals surface area contributed by atoms with Gasteiger partial charge in [0.15, 0.2) is 5.82 Å². The summed E-state index contributed by atoms with van der Waals surface area (Å²) in [6, 6.07) is 12.0. The summed E-state index contributed by atoms with van der Waals surface area (Å²) in [4.78, 5) is 21.5. The number of Topliss-reactive ketones (excluding diaryl/α,β-unsaturated/α-hetero) is 1. The molecule has 0 saturated heterocycles. The first-order valence-corrected chi connectivity index (χ1v) is 11.4. The number of aromatic amines is 1. The molecule has 0 aliphatic rings. The van der Waals surface area contributed by atoms with E-state index >= 15 is 0 Å². The first-order chi connectivity index (χ1) is 16.2. The molecular formula is C24H28N8O. The zero-order valence-electron chi connectivity index (χ0n) is 19.0. The van der Waals surface area contributed by atoms with Crippen molar-refractivity contribution in [2.24, 2.45) is 0 Å². The van der Waals surface area contributed by atoms with Crippen molar-refractivity contribution in [2.75, 3.05) is 0 Å². The predicted molar refractivity (Wildman–Crippen MR) is 124 cm³/mol. The van der Waals surface area contributed by atoms with Crippen LogP contribution in [0.2, 0.25) is 0 Å².